The van der Waals surface area contributed by atoms with Gasteiger partial charge in [0.15, 0.2) is 0 Å². The molecule has 0 radical (unpaired) electrons. The summed E-state index contributed by atoms with van der Waals surface area (Å²) in [6.45, 7) is -0.464. The number of hydroxylamine groups is 2. The van der Waals surface area contributed by atoms with E-state index in [-0.39, 0.29) is 18.6 Å². The normalized spacial score (nSPS) is 24.3. The lowest BCUT2D eigenvalue weighted by Gasteiger charge is -2.17. The molecule has 0 spiro atoms. The van der Waals surface area contributed by atoms with Crippen molar-refractivity contribution in [3.05, 3.63) is 0 Å². The van der Waals surface area contributed by atoms with Gasteiger partial charge in [0, 0.05) is 12.2 Å². The third-order valence-corrected chi connectivity index (χ3v) is 3.34. The molecule has 146 valence electrons. The van der Waals surface area contributed by atoms with Crippen molar-refractivity contribution in [1.82, 2.24) is 21.0 Å². The number of nitrogens with one attached hydrogen (secondary N) is 2. The lowest BCUT2D eigenvalue weighted by Crippen LogP contribution is -2.49. The molecule has 4 N–H and O–H groups in total. The minimum Gasteiger partial charge on any atom is -0.344 e. The minimum absolute atomic E-state index is 0.000370. The second kappa shape index (κ2) is 10.4. The van der Waals surface area contributed by atoms with Crippen LogP contribution in [0.15, 0.2) is 10.4 Å². The van der Waals surface area contributed by atoms with Gasteiger partial charge in [0.1, 0.15) is 18.6 Å². The van der Waals surface area contributed by atoms with Gasteiger partial charge in [0.2, 0.25) is 11.8 Å². The number of carbonyl (C=O) groups is 4. The Labute approximate surface area is 154 Å². The van der Waals surface area contributed by atoms with Crippen molar-refractivity contribution in [2.75, 3.05) is 26.4 Å². The molecule has 26 heavy (non-hydrogen) atoms. The SMILES string of the molecule is CN1N=NN(C)OC(=O)C(N)CCC(=O)NC(CS)C(=O)NCC(=O)O1. The average Bonchev–Trinajstić information content (AvgIpc) is 2.59. The molecule has 0 aromatic carbocycles. The van der Waals surface area contributed by atoms with Crippen LogP contribution in [0.2, 0.25) is 0 Å². The third-order valence-electron chi connectivity index (χ3n) is 2.97. The molecular weight excluding hydrogens is 370 g/mol. The van der Waals surface area contributed by atoms with Crippen LogP contribution in [-0.4, -0.2) is 72.6 Å². The molecule has 0 fully saturated rings. The van der Waals surface area contributed by atoms with E-state index >= 15 is 0 Å². The summed E-state index contributed by atoms with van der Waals surface area (Å²) in [4.78, 5) is 56.8. The molecule has 0 bridgehead atoms. The summed E-state index contributed by atoms with van der Waals surface area (Å²) in [5, 5.41) is 13.1. The molecule has 14 heteroatoms. The van der Waals surface area contributed by atoms with E-state index in [4.69, 9.17) is 15.4 Å². The van der Waals surface area contributed by atoms with E-state index in [1.807, 2.05) is 0 Å². The van der Waals surface area contributed by atoms with Gasteiger partial charge in [-0.3, -0.25) is 9.59 Å². The highest BCUT2D eigenvalue weighted by Crippen LogP contribution is 2.02. The van der Waals surface area contributed by atoms with Crippen molar-refractivity contribution in [3.8, 4) is 0 Å². The second-order valence-electron chi connectivity index (χ2n) is 5.15. The Morgan fingerprint density at radius 1 is 1.19 bits per heavy atom. The van der Waals surface area contributed by atoms with Crippen LogP contribution in [0.4, 0.5) is 0 Å². The summed E-state index contributed by atoms with van der Waals surface area (Å²) in [6, 6.07) is -2.06. The highest BCUT2D eigenvalue weighted by Gasteiger charge is 2.23. The first kappa shape index (κ1) is 21.4. The molecule has 1 heterocycles. The van der Waals surface area contributed by atoms with Crippen LogP contribution in [0.3, 0.4) is 0 Å². The molecule has 2 amide bonds. The summed E-state index contributed by atoms with van der Waals surface area (Å²) in [7, 11) is 2.53. The number of amides is 2. The Bertz CT molecular complexity index is 574. The van der Waals surface area contributed by atoms with Crippen molar-refractivity contribution in [1.29, 1.82) is 0 Å². The van der Waals surface area contributed by atoms with E-state index in [1.165, 1.54) is 14.1 Å². The van der Waals surface area contributed by atoms with Crippen molar-refractivity contribution < 1.29 is 28.9 Å². The number of nitrogens with zero attached hydrogens (tertiary/aromatic N) is 4. The van der Waals surface area contributed by atoms with Gasteiger partial charge in [-0.1, -0.05) is 0 Å². The molecule has 0 saturated carbocycles. The summed E-state index contributed by atoms with van der Waals surface area (Å²) in [5.41, 5.74) is 5.65. The fourth-order valence-electron chi connectivity index (χ4n) is 1.67. The maximum Gasteiger partial charge on any atom is 0.353 e. The molecule has 2 atom stereocenters. The summed E-state index contributed by atoms with van der Waals surface area (Å²) < 4.78 is 0. The van der Waals surface area contributed by atoms with Gasteiger partial charge in [-0.2, -0.15) is 12.6 Å². The fourth-order valence-corrected chi connectivity index (χ4v) is 1.93. The van der Waals surface area contributed by atoms with Crippen LogP contribution in [0, 0.1) is 0 Å². The van der Waals surface area contributed by atoms with Gasteiger partial charge in [-0.25, -0.2) is 9.59 Å². The lowest BCUT2D eigenvalue weighted by molar-refractivity contribution is -0.201. The number of hydrogen-bond acceptors (Lipinski definition) is 12. The van der Waals surface area contributed by atoms with Gasteiger partial charge in [-0.15, -0.1) is 10.3 Å². The highest BCUT2D eigenvalue weighted by atomic mass is 32.1. The summed E-state index contributed by atoms with van der Waals surface area (Å²) in [5.74, 6) is -2.81. The molecule has 1 aliphatic heterocycles. The van der Waals surface area contributed by atoms with Crippen molar-refractivity contribution in [2.45, 2.75) is 24.9 Å². The largest absolute Gasteiger partial charge is 0.353 e. The second-order valence-corrected chi connectivity index (χ2v) is 5.51. The standard InChI is InChI=1S/C12H21N7O6S/c1-18-16-17-19(2)25-12(23)7(13)3-4-9(20)15-8(6-26)11(22)14-5-10(21)24-18/h7-8,26H,3-6,13H2,1-2H3,(H,14,22)(H,15,20). The molecular formula is C12H21N7O6S. The Kier molecular flexibility index (Phi) is 8.57. The predicted octanol–water partition coefficient (Wildman–Crippen LogP) is -2.30. The molecule has 0 aromatic heterocycles. The fraction of sp³-hybridized carbons (Fsp3) is 0.667. The van der Waals surface area contributed by atoms with Crippen LogP contribution in [0.1, 0.15) is 12.8 Å². The van der Waals surface area contributed by atoms with Crippen LogP contribution < -0.4 is 16.4 Å². The highest BCUT2D eigenvalue weighted by molar-refractivity contribution is 7.80. The van der Waals surface area contributed by atoms with E-state index in [2.05, 4.69) is 33.7 Å². The number of nitrogens with two attached hydrogens (primary N) is 1. The molecule has 2 unspecified atom stereocenters. The molecule has 13 nitrogen and oxygen atoms in total. The van der Waals surface area contributed by atoms with Gasteiger partial charge in [-0.05, 0) is 16.9 Å². The number of hydrogen-bond donors (Lipinski definition) is 4. The first-order chi connectivity index (χ1) is 12.2. The van der Waals surface area contributed by atoms with E-state index < -0.39 is 42.4 Å². The number of carbonyl (C=O) groups excluding carboxylic acids is 4. The van der Waals surface area contributed by atoms with E-state index in [0.29, 0.717) is 10.3 Å². The monoisotopic (exact) mass is 391 g/mol. The van der Waals surface area contributed by atoms with Crippen LogP contribution >= 0.6 is 12.6 Å². The average molecular weight is 391 g/mol. The topological polar surface area (TPSA) is 168 Å². The Hall–Kier alpha value is -2.61. The first-order valence-electron chi connectivity index (χ1n) is 7.48. The Morgan fingerprint density at radius 2 is 1.81 bits per heavy atom. The van der Waals surface area contributed by atoms with E-state index in [0.717, 1.165) is 0 Å². The Morgan fingerprint density at radius 3 is 2.42 bits per heavy atom. The summed E-state index contributed by atoms with van der Waals surface area (Å²) in [6.07, 6.45) is -0.137. The van der Waals surface area contributed by atoms with Crippen molar-refractivity contribution in [3.63, 3.8) is 0 Å². The summed E-state index contributed by atoms with van der Waals surface area (Å²) >= 11 is 3.99. The first-order valence-corrected chi connectivity index (χ1v) is 8.11. The van der Waals surface area contributed by atoms with Crippen molar-refractivity contribution >= 4 is 36.4 Å². The van der Waals surface area contributed by atoms with E-state index in [9.17, 15) is 19.2 Å². The van der Waals surface area contributed by atoms with Crippen LogP contribution in [-0.2, 0) is 28.9 Å². The van der Waals surface area contributed by atoms with Gasteiger partial charge >= 0.3 is 11.9 Å². The maximum absolute atomic E-state index is 12.0. The van der Waals surface area contributed by atoms with E-state index in [1.54, 1.807) is 0 Å². The minimum atomic E-state index is -1.09. The molecule has 1 rings (SSSR count). The third kappa shape index (κ3) is 7.52. The molecule has 1 aliphatic rings. The van der Waals surface area contributed by atoms with Gasteiger partial charge in [0.05, 0.1) is 14.1 Å². The lowest BCUT2D eigenvalue weighted by atomic mass is 10.1. The van der Waals surface area contributed by atoms with Gasteiger partial charge in [0.25, 0.3) is 0 Å². The smallest absolute Gasteiger partial charge is 0.344 e. The zero-order valence-corrected chi connectivity index (χ0v) is 15.1. The molecule has 0 saturated heterocycles. The maximum atomic E-state index is 12.0. The molecule has 0 aliphatic carbocycles. The van der Waals surface area contributed by atoms with Crippen molar-refractivity contribution in [2.24, 2.45) is 16.2 Å². The van der Waals surface area contributed by atoms with Crippen LogP contribution in [0.5, 0.6) is 0 Å². The van der Waals surface area contributed by atoms with Gasteiger partial charge < -0.3 is 26.0 Å². The number of rotatable bonds is 1. The zero-order valence-electron chi connectivity index (χ0n) is 14.2. The quantitative estimate of drug-likeness (QED) is 0.359. The predicted molar refractivity (Wildman–Crippen MR) is 88.6 cm³/mol. The zero-order chi connectivity index (χ0) is 19.7. The van der Waals surface area contributed by atoms with Crippen LogP contribution in [0.25, 0.3) is 0 Å². The molecule has 0 aromatic rings. The number of thiol groups is 1. The Balaban J connectivity index is 2.86.